The smallest absolute Gasteiger partial charge is 0.161 e. The molecule has 6 rings (SSSR count). The van der Waals surface area contributed by atoms with Gasteiger partial charge in [-0.3, -0.25) is 0 Å². The van der Waals surface area contributed by atoms with E-state index in [0.29, 0.717) is 0 Å². The molecule has 1 aromatic carbocycles. The van der Waals surface area contributed by atoms with Crippen molar-refractivity contribution in [2.45, 2.75) is 43.9 Å². The molecule has 4 bridgehead atoms. The molecule has 25 heavy (non-hydrogen) atoms. The van der Waals surface area contributed by atoms with Crippen LogP contribution >= 0.6 is 0 Å². The molecule has 132 valence electrons. The zero-order chi connectivity index (χ0) is 17.0. The second-order valence-electron chi connectivity index (χ2n) is 8.43. The monoisotopic (exact) mass is 338 g/mol. The fraction of sp³-hybridized carbons (Fsp3) is 0.545. The molecule has 0 aliphatic heterocycles. The highest BCUT2D eigenvalue weighted by Crippen LogP contribution is 2.62. The van der Waals surface area contributed by atoms with Crippen molar-refractivity contribution in [2.24, 2.45) is 17.8 Å². The highest BCUT2D eigenvalue weighted by molar-refractivity contribution is 5.69. The van der Waals surface area contributed by atoms with Crippen molar-refractivity contribution >= 4 is 0 Å². The van der Waals surface area contributed by atoms with Crippen LogP contribution in [-0.4, -0.2) is 14.2 Å². The molecule has 2 aromatic rings. The molecule has 4 fully saturated rings. The average molecular weight is 338 g/mol. The summed E-state index contributed by atoms with van der Waals surface area (Å²) in [6.07, 6.45) is 10.1. The van der Waals surface area contributed by atoms with Crippen LogP contribution in [0.15, 0.2) is 34.9 Å². The molecule has 0 N–H and O–H groups in total. The topological polar surface area (TPSA) is 31.6 Å². The number of rotatable bonds is 4. The molecule has 0 spiro atoms. The van der Waals surface area contributed by atoms with E-state index in [1.54, 1.807) is 20.5 Å². The van der Waals surface area contributed by atoms with Crippen molar-refractivity contribution in [2.75, 3.05) is 14.2 Å². The second-order valence-corrected chi connectivity index (χ2v) is 8.43. The summed E-state index contributed by atoms with van der Waals surface area (Å²) in [5.74, 6) is 5.27. The Balaban J connectivity index is 1.69. The fourth-order valence-electron chi connectivity index (χ4n) is 6.39. The highest BCUT2D eigenvalue weighted by Gasteiger charge is 2.52. The molecule has 0 radical (unpaired) electrons. The molecule has 0 unspecified atom stereocenters. The van der Waals surface area contributed by atoms with Crippen LogP contribution in [0.2, 0.25) is 0 Å². The molecule has 3 heteroatoms. The zero-order valence-electron chi connectivity index (χ0n) is 15.1. The lowest BCUT2D eigenvalue weighted by Gasteiger charge is -2.57. The Bertz CT molecular complexity index is 740. The number of hydrogen-bond acceptors (Lipinski definition) is 3. The molecule has 4 aliphatic rings. The molecule has 1 heterocycles. The molecule has 0 atom stereocenters. The maximum atomic E-state index is 5.80. The third-order valence-corrected chi connectivity index (χ3v) is 6.92. The maximum absolute atomic E-state index is 5.80. The Morgan fingerprint density at radius 3 is 2.04 bits per heavy atom. The van der Waals surface area contributed by atoms with Crippen molar-refractivity contribution in [3.05, 3.63) is 36.1 Å². The second kappa shape index (κ2) is 5.55. The van der Waals surface area contributed by atoms with Crippen LogP contribution in [0.4, 0.5) is 0 Å². The van der Waals surface area contributed by atoms with Crippen LogP contribution < -0.4 is 9.47 Å². The average Bonchev–Trinajstić information content (AvgIpc) is 3.14. The predicted octanol–water partition coefficient (Wildman–Crippen LogP) is 5.43. The normalized spacial score (nSPS) is 32.8. The summed E-state index contributed by atoms with van der Waals surface area (Å²) in [7, 11) is 3.43. The zero-order valence-corrected chi connectivity index (χ0v) is 15.1. The van der Waals surface area contributed by atoms with E-state index in [9.17, 15) is 0 Å². The number of hydrogen-bond donors (Lipinski definition) is 0. The first-order chi connectivity index (χ1) is 12.2. The minimum Gasteiger partial charge on any atom is -0.493 e. The van der Waals surface area contributed by atoms with Crippen molar-refractivity contribution in [3.8, 4) is 22.8 Å². The van der Waals surface area contributed by atoms with E-state index in [2.05, 4.69) is 18.2 Å². The van der Waals surface area contributed by atoms with Crippen LogP contribution in [0.1, 0.15) is 44.1 Å². The minimum absolute atomic E-state index is 0.288. The number of methoxy groups -OCH3 is 2. The first-order valence-corrected chi connectivity index (χ1v) is 9.51. The molecule has 3 nitrogen and oxygen atoms in total. The Hall–Kier alpha value is -1.90. The SMILES string of the molecule is COc1cc(-c2ccco2)c(C23CC4CC(CC(C4)C2)C3)cc1OC. The van der Waals surface area contributed by atoms with Gasteiger partial charge in [-0.2, -0.15) is 0 Å². The largest absolute Gasteiger partial charge is 0.493 e. The summed E-state index contributed by atoms with van der Waals surface area (Å²) in [4.78, 5) is 0. The summed E-state index contributed by atoms with van der Waals surface area (Å²) >= 11 is 0. The molecular weight excluding hydrogens is 312 g/mol. The van der Waals surface area contributed by atoms with E-state index in [4.69, 9.17) is 13.9 Å². The first-order valence-electron chi connectivity index (χ1n) is 9.51. The number of benzene rings is 1. The van der Waals surface area contributed by atoms with Gasteiger partial charge in [0.15, 0.2) is 11.5 Å². The summed E-state index contributed by atoms with van der Waals surface area (Å²) in [5, 5.41) is 0. The molecule has 4 saturated carbocycles. The Kier molecular flexibility index (Phi) is 3.41. The van der Waals surface area contributed by atoms with Crippen LogP contribution in [0.5, 0.6) is 11.5 Å². The van der Waals surface area contributed by atoms with Crippen molar-refractivity contribution < 1.29 is 13.9 Å². The number of ether oxygens (including phenoxy) is 2. The van der Waals surface area contributed by atoms with Gasteiger partial charge >= 0.3 is 0 Å². The summed E-state index contributed by atoms with van der Waals surface area (Å²) in [5.41, 5.74) is 2.89. The van der Waals surface area contributed by atoms with E-state index in [1.165, 1.54) is 49.7 Å². The summed E-state index contributed by atoms with van der Waals surface area (Å²) in [6.45, 7) is 0. The summed E-state index contributed by atoms with van der Waals surface area (Å²) < 4.78 is 17.0. The van der Waals surface area contributed by atoms with Crippen molar-refractivity contribution in [1.82, 2.24) is 0 Å². The standard InChI is InChI=1S/C22H26O3/c1-23-20-9-17(19-4-3-5-25-19)18(10-21(20)24-2)22-11-14-6-15(12-22)8-16(7-14)13-22/h3-5,9-10,14-16H,6-8,11-13H2,1-2H3. The van der Waals surface area contributed by atoms with Crippen LogP contribution in [0.3, 0.4) is 0 Å². The van der Waals surface area contributed by atoms with Gasteiger partial charge in [-0.15, -0.1) is 0 Å². The van der Waals surface area contributed by atoms with Gasteiger partial charge in [-0.25, -0.2) is 0 Å². The summed E-state index contributed by atoms with van der Waals surface area (Å²) in [6, 6.07) is 8.39. The lowest BCUT2D eigenvalue weighted by Crippen LogP contribution is -2.48. The van der Waals surface area contributed by atoms with E-state index in [0.717, 1.165) is 35.0 Å². The van der Waals surface area contributed by atoms with Crippen LogP contribution in [0, 0.1) is 17.8 Å². The van der Waals surface area contributed by atoms with Gasteiger partial charge in [0.25, 0.3) is 0 Å². The lowest BCUT2D eigenvalue weighted by molar-refractivity contribution is -0.00507. The van der Waals surface area contributed by atoms with Gasteiger partial charge in [0.2, 0.25) is 0 Å². The van der Waals surface area contributed by atoms with E-state index in [1.807, 2.05) is 6.07 Å². The van der Waals surface area contributed by atoms with E-state index in [-0.39, 0.29) is 5.41 Å². The van der Waals surface area contributed by atoms with Crippen LogP contribution in [0.25, 0.3) is 11.3 Å². The fourth-order valence-corrected chi connectivity index (χ4v) is 6.39. The van der Waals surface area contributed by atoms with Crippen molar-refractivity contribution in [3.63, 3.8) is 0 Å². The van der Waals surface area contributed by atoms with Gasteiger partial charge in [0, 0.05) is 5.56 Å². The molecule has 0 amide bonds. The Morgan fingerprint density at radius 2 is 1.52 bits per heavy atom. The maximum Gasteiger partial charge on any atom is 0.161 e. The van der Waals surface area contributed by atoms with Crippen LogP contribution in [-0.2, 0) is 5.41 Å². The van der Waals surface area contributed by atoms with Gasteiger partial charge < -0.3 is 13.9 Å². The highest BCUT2D eigenvalue weighted by atomic mass is 16.5. The van der Waals surface area contributed by atoms with E-state index < -0.39 is 0 Å². The molecule has 0 saturated heterocycles. The van der Waals surface area contributed by atoms with Gasteiger partial charge in [-0.05, 0) is 91.5 Å². The van der Waals surface area contributed by atoms with E-state index >= 15 is 0 Å². The third-order valence-electron chi connectivity index (χ3n) is 6.92. The lowest BCUT2D eigenvalue weighted by atomic mass is 9.47. The Morgan fingerprint density at radius 1 is 0.920 bits per heavy atom. The molecular formula is C22H26O3. The van der Waals surface area contributed by atoms with Crippen molar-refractivity contribution in [1.29, 1.82) is 0 Å². The van der Waals surface area contributed by atoms with Gasteiger partial charge in [0.05, 0.1) is 20.5 Å². The van der Waals surface area contributed by atoms with Gasteiger partial charge in [0.1, 0.15) is 5.76 Å². The Labute approximate surface area is 149 Å². The minimum atomic E-state index is 0.288. The quantitative estimate of drug-likeness (QED) is 0.745. The third kappa shape index (κ3) is 2.32. The number of furan rings is 1. The first kappa shape index (κ1) is 15.4. The van der Waals surface area contributed by atoms with Gasteiger partial charge in [-0.1, -0.05) is 0 Å². The molecule has 1 aromatic heterocycles. The molecule has 4 aliphatic carbocycles. The predicted molar refractivity (Wildman–Crippen MR) is 97.1 cm³/mol.